The first kappa shape index (κ1) is 22.5. The van der Waals surface area contributed by atoms with Crippen molar-refractivity contribution in [2.75, 3.05) is 6.54 Å². The Morgan fingerprint density at radius 1 is 1.07 bits per heavy atom. The Kier molecular flexibility index (Phi) is 9.94. The van der Waals surface area contributed by atoms with E-state index in [1.54, 1.807) is 24.3 Å². The van der Waals surface area contributed by atoms with Crippen LogP contribution >= 0.6 is 0 Å². The maximum absolute atomic E-state index is 12.6. The fraction of sp³-hybridized carbons (Fsp3) is 0.318. The zero-order chi connectivity index (χ0) is 20.1. The average molecular weight is 377 g/mol. The number of carbonyl (C=O) groups excluding carboxylic acids is 1. The first-order chi connectivity index (χ1) is 12.8. The summed E-state index contributed by atoms with van der Waals surface area (Å²) in [7, 11) is 0. The molecule has 146 valence electrons. The Bertz CT molecular complexity index is 698. The first-order valence-corrected chi connectivity index (χ1v) is 8.90. The van der Waals surface area contributed by atoms with Gasteiger partial charge in [-0.2, -0.15) is 13.2 Å². The van der Waals surface area contributed by atoms with Gasteiger partial charge in [-0.15, -0.1) is 0 Å². The molecule has 1 aromatic rings. The Hall–Kier alpha value is -2.56. The molecule has 0 aromatic heterocycles. The predicted molar refractivity (Wildman–Crippen MR) is 105 cm³/mol. The van der Waals surface area contributed by atoms with Gasteiger partial charge in [-0.25, -0.2) is 0 Å². The monoisotopic (exact) mass is 377 g/mol. The second-order valence-corrected chi connectivity index (χ2v) is 6.41. The molecule has 0 saturated carbocycles. The molecule has 0 unspecified atom stereocenters. The lowest BCUT2D eigenvalue weighted by molar-refractivity contribution is -0.137. The highest BCUT2D eigenvalue weighted by atomic mass is 19.4. The van der Waals surface area contributed by atoms with Gasteiger partial charge in [0, 0.05) is 12.6 Å². The Morgan fingerprint density at radius 2 is 1.74 bits per heavy atom. The van der Waals surface area contributed by atoms with Gasteiger partial charge in [0.15, 0.2) is 0 Å². The van der Waals surface area contributed by atoms with Gasteiger partial charge in [0.05, 0.1) is 5.56 Å². The molecule has 0 fully saturated rings. The summed E-state index contributed by atoms with van der Waals surface area (Å²) in [5, 5.41) is 2.79. The topological polar surface area (TPSA) is 29.1 Å². The predicted octanol–water partition coefficient (Wildman–Crippen LogP) is 5.94. The normalized spacial score (nSPS) is 13.0. The lowest BCUT2D eigenvalue weighted by Crippen LogP contribution is -2.25. The van der Waals surface area contributed by atoms with Crippen molar-refractivity contribution in [2.45, 2.75) is 32.9 Å². The summed E-state index contributed by atoms with van der Waals surface area (Å²) >= 11 is 0. The van der Waals surface area contributed by atoms with Gasteiger partial charge < -0.3 is 5.32 Å². The van der Waals surface area contributed by atoms with Crippen molar-refractivity contribution in [1.82, 2.24) is 5.32 Å². The molecule has 0 spiro atoms. The van der Waals surface area contributed by atoms with Crippen molar-refractivity contribution in [2.24, 2.45) is 5.92 Å². The number of hydrogen-bond donors (Lipinski definition) is 1. The zero-order valence-electron chi connectivity index (χ0n) is 15.7. The minimum Gasteiger partial charge on any atom is -0.352 e. The van der Waals surface area contributed by atoms with Gasteiger partial charge in [0.25, 0.3) is 0 Å². The molecule has 0 bridgehead atoms. The molecule has 0 aliphatic carbocycles. The van der Waals surface area contributed by atoms with E-state index in [-0.39, 0.29) is 5.91 Å². The van der Waals surface area contributed by atoms with E-state index >= 15 is 0 Å². The van der Waals surface area contributed by atoms with Gasteiger partial charge in [-0.1, -0.05) is 68.5 Å². The molecular formula is C22H26F3NO. The maximum atomic E-state index is 12.6. The number of unbranched alkanes of at least 4 members (excludes halogenated alkanes) is 1. The number of alkyl halides is 3. The highest BCUT2D eigenvalue weighted by Crippen LogP contribution is 2.29. The van der Waals surface area contributed by atoms with E-state index in [9.17, 15) is 18.0 Å². The number of halogens is 3. The molecule has 1 N–H and O–H groups in total. The van der Waals surface area contributed by atoms with E-state index in [2.05, 4.69) is 5.32 Å². The van der Waals surface area contributed by atoms with Crippen molar-refractivity contribution in [3.63, 3.8) is 0 Å². The average Bonchev–Trinajstić information content (AvgIpc) is 2.61. The smallest absolute Gasteiger partial charge is 0.352 e. The second-order valence-electron chi connectivity index (χ2n) is 6.41. The van der Waals surface area contributed by atoms with Gasteiger partial charge in [-0.3, -0.25) is 4.79 Å². The molecular weight excluding hydrogens is 351 g/mol. The molecule has 2 nitrogen and oxygen atoms in total. The van der Waals surface area contributed by atoms with Crippen molar-refractivity contribution >= 4 is 12.0 Å². The molecule has 0 aliphatic rings. The third-order valence-corrected chi connectivity index (χ3v) is 3.43. The second kappa shape index (κ2) is 11.9. The molecule has 0 radical (unpaired) electrons. The molecule has 1 rings (SSSR count). The number of carbonyl (C=O) groups is 1. The fourth-order valence-corrected chi connectivity index (χ4v) is 2.03. The minimum absolute atomic E-state index is 0.104. The van der Waals surface area contributed by atoms with Crippen LogP contribution in [0.1, 0.15) is 37.8 Å². The third kappa shape index (κ3) is 10.9. The molecule has 0 saturated heterocycles. The fourth-order valence-electron chi connectivity index (χ4n) is 2.03. The quantitative estimate of drug-likeness (QED) is 0.322. The largest absolute Gasteiger partial charge is 0.416 e. The van der Waals surface area contributed by atoms with Crippen LogP contribution < -0.4 is 5.32 Å². The molecule has 0 aliphatic heterocycles. The number of nitrogens with one attached hydrogen (secondary N) is 1. The summed E-state index contributed by atoms with van der Waals surface area (Å²) in [5.41, 5.74) is -0.139. The standard InChI is InChI=1S/C22H26F3NO/c1-18(2)17-26-21(27)15-10-8-6-4-3-5-7-9-12-19-13-11-14-20(16-19)22(23,24)25/h5-16,18H,3-4,17H2,1-2H3,(H,26,27). The Labute approximate surface area is 159 Å². The van der Waals surface area contributed by atoms with E-state index in [0.717, 1.165) is 25.0 Å². The van der Waals surface area contributed by atoms with Crippen LogP contribution in [0, 0.1) is 5.92 Å². The van der Waals surface area contributed by atoms with E-state index in [0.29, 0.717) is 18.0 Å². The summed E-state index contributed by atoms with van der Waals surface area (Å²) in [5.74, 6) is 0.320. The highest BCUT2D eigenvalue weighted by molar-refractivity contribution is 5.87. The van der Waals surface area contributed by atoms with Crippen LogP contribution in [0.3, 0.4) is 0 Å². The van der Waals surface area contributed by atoms with Crippen LogP contribution in [-0.4, -0.2) is 12.5 Å². The van der Waals surface area contributed by atoms with Crippen LogP contribution in [0.2, 0.25) is 0 Å². The molecule has 1 aromatic carbocycles. The van der Waals surface area contributed by atoms with Crippen LogP contribution in [0.15, 0.2) is 66.8 Å². The van der Waals surface area contributed by atoms with E-state index in [1.807, 2.05) is 38.2 Å². The molecule has 1 amide bonds. The Morgan fingerprint density at radius 3 is 2.37 bits per heavy atom. The number of allylic oxidation sites excluding steroid dienone is 6. The highest BCUT2D eigenvalue weighted by Gasteiger charge is 2.30. The molecule has 27 heavy (non-hydrogen) atoms. The van der Waals surface area contributed by atoms with Gasteiger partial charge in [0.2, 0.25) is 5.91 Å². The number of benzene rings is 1. The Balaban J connectivity index is 2.30. The summed E-state index contributed by atoms with van der Waals surface area (Å²) in [6, 6.07) is 5.21. The van der Waals surface area contributed by atoms with Gasteiger partial charge in [0.1, 0.15) is 0 Å². The van der Waals surface area contributed by atoms with Crippen LogP contribution in [0.25, 0.3) is 6.08 Å². The molecule has 0 heterocycles. The summed E-state index contributed by atoms with van der Waals surface area (Å²) in [6.45, 7) is 4.73. The van der Waals surface area contributed by atoms with Crippen molar-refractivity contribution < 1.29 is 18.0 Å². The SMILES string of the molecule is CC(C)CNC(=O)C=CC=CCCC=CC=Cc1cccc(C(F)(F)F)c1. The summed E-state index contributed by atoms with van der Waals surface area (Å²) in [6.07, 6.45) is 11.4. The molecule has 0 atom stereocenters. The number of hydrogen-bond acceptors (Lipinski definition) is 1. The first-order valence-electron chi connectivity index (χ1n) is 8.90. The van der Waals surface area contributed by atoms with Crippen molar-refractivity contribution in [1.29, 1.82) is 0 Å². The number of amides is 1. The van der Waals surface area contributed by atoms with Crippen LogP contribution in [0.4, 0.5) is 13.2 Å². The van der Waals surface area contributed by atoms with Crippen LogP contribution in [0.5, 0.6) is 0 Å². The van der Waals surface area contributed by atoms with E-state index in [4.69, 9.17) is 0 Å². The zero-order valence-corrected chi connectivity index (χ0v) is 15.7. The summed E-state index contributed by atoms with van der Waals surface area (Å²) in [4.78, 5) is 11.4. The van der Waals surface area contributed by atoms with Crippen molar-refractivity contribution in [3.8, 4) is 0 Å². The van der Waals surface area contributed by atoms with Crippen molar-refractivity contribution in [3.05, 3.63) is 77.9 Å². The number of rotatable bonds is 9. The van der Waals surface area contributed by atoms with E-state index in [1.165, 1.54) is 12.1 Å². The van der Waals surface area contributed by atoms with Gasteiger partial charge >= 0.3 is 6.18 Å². The molecule has 5 heteroatoms. The summed E-state index contributed by atoms with van der Waals surface area (Å²) < 4.78 is 37.9. The lowest BCUT2D eigenvalue weighted by Gasteiger charge is -2.06. The van der Waals surface area contributed by atoms with E-state index < -0.39 is 11.7 Å². The maximum Gasteiger partial charge on any atom is 0.416 e. The van der Waals surface area contributed by atoms with Gasteiger partial charge in [-0.05, 0) is 36.5 Å². The minimum atomic E-state index is -4.32. The third-order valence-electron chi connectivity index (χ3n) is 3.43. The van der Waals surface area contributed by atoms with Crippen LogP contribution in [-0.2, 0) is 11.0 Å². The lowest BCUT2D eigenvalue weighted by atomic mass is 10.1.